The Bertz CT molecular complexity index is 509. The van der Waals surface area contributed by atoms with E-state index >= 15 is 0 Å². The Morgan fingerprint density at radius 3 is 2.27 bits per heavy atom. The molecule has 4 aliphatic carbocycles. The van der Waals surface area contributed by atoms with Gasteiger partial charge < -0.3 is 9.84 Å². The molecule has 0 aliphatic heterocycles. The molecular weight excluding hydrogens is 276 g/mol. The molecule has 124 valence electrons. The van der Waals surface area contributed by atoms with Crippen LogP contribution in [0.1, 0.15) is 66.7 Å². The molecule has 0 saturated heterocycles. The quantitative estimate of drug-likeness (QED) is 0.806. The molecule has 0 aromatic carbocycles. The van der Waals surface area contributed by atoms with Crippen molar-refractivity contribution in [2.45, 2.75) is 78.4 Å². The first-order valence-corrected chi connectivity index (χ1v) is 8.71. The Hall–Kier alpha value is -0.830. The van der Waals surface area contributed by atoms with E-state index in [0.717, 1.165) is 37.7 Å². The van der Waals surface area contributed by atoms with Gasteiger partial charge in [-0.15, -0.1) is 0 Å². The summed E-state index contributed by atoms with van der Waals surface area (Å²) in [5, 5.41) is 9.66. The fourth-order valence-corrected chi connectivity index (χ4v) is 4.79. The summed E-state index contributed by atoms with van der Waals surface area (Å²) in [7, 11) is 0. The number of rotatable bonds is 3. The molecule has 0 spiro atoms. The summed E-state index contributed by atoms with van der Waals surface area (Å²) in [6.07, 6.45) is 6.58. The zero-order valence-corrected chi connectivity index (χ0v) is 14.6. The molecule has 2 fully saturated rings. The van der Waals surface area contributed by atoms with Crippen molar-refractivity contribution >= 4 is 5.97 Å². The molecule has 0 aromatic heterocycles. The lowest BCUT2D eigenvalue weighted by Crippen LogP contribution is -2.50. The van der Waals surface area contributed by atoms with Crippen molar-refractivity contribution < 1.29 is 14.6 Å². The Morgan fingerprint density at radius 1 is 1.23 bits per heavy atom. The van der Waals surface area contributed by atoms with Gasteiger partial charge in [0.25, 0.3) is 0 Å². The van der Waals surface area contributed by atoms with Gasteiger partial charge in [0.2, 0.25) is 0 Å². The molecule has 4 aliphatic rings. The number of hydrogen-bond donors (Lipinski definition) is 1. The normalized spacial score (nSPS) is 39.9. The zero-order valence-electron chi connectivity index (χ0n) is 14.6. The van der Waals surface area contributed by atoms with Gasteiger partial charge in [0, 0.05) is 11.0 Å². The van der Waals surface area contributed by atoms with Crippen molar-refractivity contribution in [2.75, 3.05) is 0 Å². The number of aliphatic hydroxyl groups is 1. The molecule has 2 bridgehead atoms. The summed E-state index contributed by atoms with van der Waals surface area (Å²) < 4.78 is 5.96. The van der Waals surface area contributed by atoms with Crippen molar-refractivity contribution in [2.24, 2.45) is 22.7 Å². The molecule has 1 N–H and O–H groups in total. The first-order valence-electron chi connectivity index (χ1n) is 8.71. The number of ether oxygens (including phenoxy) is 1. The maximum atomic E-state index is 12.8. The molecule has 0 aromatic rings. The minimum absolute atomic E-state index is 0.0202. The van der Waals surface area contributed by atoms with Crippen LogP contribution in [0.5, 0.6) is 0 Å². The van der Waals surface area contributed by atoms with E-state index in [1.807, 2.05) is 13.8 Å². The fraction of sp³-hybridized carbons (Fsp3) is 0.842. The lowest BCUT2D eigenvalue weighted by Gasteiger charge is -2.54. The monoisotopic (exact) mass is 306 g/mol. The van der Waals surface area contributed by atoms with Crippen LogP contribution in [0.4, 0.5) is 0 Å². The first kappa shape index (κ1) is 16.0. The Morgan fingerprint density at radius 2 is 1.82 bits per heavy atom. The Kier molecular flexibility index (Phi) is 3.52. The third kappa shape index (κ3) is 2.16. The molecule has 3 nitrogen and oxygen atoms in total. The van der Waals surface area contributed by atoms with Crippen LogP contribution in [0.15, 0.2) is 11.6 Å². The van der Waals surface area contributed by atoms with Gasteiger partial charge in [-0.2, -0.15) is 0 Å². The van der Waals surface area contributed by atoms with E-state index in [1.165, 1.54) is 0 Å². The standard InChI is InChI=1S/C19H30O3/c1-17(2)13-10-15(19(17,5)11-13)16(21)22-18(3,4)12-6-8-14(20)9-7-12/h10,12-14,20H,6-9,11H2,1-5H3. The summed E-state index contributed by atoms with van der Waals surface area (Å²) >= 11 is 0. The number of allylic oxidation sites excluding steroid dienone is 1. The molecule has 0 radical (unpaired) electrons. The van der Waals surface area contributed by atoms with Crippen LogP contribution in [0.25, 0.3) is 0 Å². The zero-order chi connectivity index (χ0) is 16.3. The molecule has 4 rings (SSSR count). The maximum absolute atomic E-state index is 12.8. The van der Waals surface area contributed by atoms with Gasteiger partial charge in [-0.05, 0) is 63.2 Å². The van der Waals surface area contributed by atoms with Gasteiger partial charge in [0.1, 0.15) is 5.60 Å². The highest BCUT2D eigenvalue weighted by molar-refractivity contribution is 5.92. The van der Waals surface area contributed by atoms with Crippen LogP contribution in [-0.4, -0.2) is 22.8 Å². The van der Waals surface area contributed by atoms with Crippen LogP contribution >= 0.6 is 0 Å². The molecule has 22 heavy (non-hydrogen) atoms. The second kappa shape index (κ2) is 4.83. The average Bonchev–Trinajstić information content (AvgIpc) is 2.88. The number of carbonyl (C=O) groups is 1. The highest BCUT2D eigenvalue weighted by Crippen LogP contribution is 2.69. The lowest BCUT2D eigenvalue weighted by molar-refractivity contribution is -0.162. The van der Waals surface area contributed by atoms with Gasteiger partial charge in [-0.3, -0.25) is 0 Å². The smallest absolute Gasteiger partial charge is 0.334 e. The average molecular weight is 306 g/mol. The number of aliphatic hydroxyl groups excluding tert-OH is 1. The van der Waals surface area contributed by atoms with Crippen molar-refractivity contribution in [1.82, 2.24) is 0 Å². The predicted octanol–water partition coefficient (Wildman–Crippen LogP) is 3.85. The highest BCUT2D eigenvalue weighted by atomic mass is 16.6. The number of carbonyl (C=O) groups excluding carboxylic acids is 1. The third-order valence-electron chi connectivity index (χ3n) is 7.20. The molecule has 0 amide bonds. The van der Waals surface area contributed by atoms with Gasteiger partial charge in [-0.1, -0.05) is 26.8 Å². The van der Waals surface area contributed by atoms with Crippen molar-refractivity contribution in [3.8, 4) is 0 Å². The minimum Gasteiger partial charge on any atom is -0.456 e. The van der Waals surface area contributed by atoms with E-state index in [0.29, 0.717) is 11.8 Å². The largest absolute Gasteiger partial charge is 0.456 e. The Balaban J connectivity index is 1.67. The molecular formula is C19H30O3. The molecule has 2 saturated carbocycles. The molecule has 3 heteroatoms. The van der Waals surface area contributed by atoms with Gasteiger partial charge in [0.15, 0.2) is 0 Å². The summed E-state index contributed by atoms with van der Waals surface area (Å²) in [6.45, 7) is 10.8. The SMILES string of the molecule is CC(C)(OC(=O)C1=CC2CC1(C)C2(C)C)C1CCC(O)CC1. The summed E-state index contributed by atoms with van der Waals surface area (Å²) in [5.41, 5.74) is 0.603. The highest BCUT2D eigenvalue weighted by Gasteiger charge is 2.64. The summed E-state index contributed by atoms with van der Waals surface area (Å²) in [5.74, 6) is 0.748. The maximum Gasteiger partial charge on any atom is 0.334 e. The Labute approximate surface area is 134 Å². The topological polar surface area (TPSA) is 46.5 Å². The number of hydrogen-bond acceptors (Lipinski definition) is 3. The molecule has 2 unspecified atom stereocenters. The third-order valence-corrected chi connectivity index (χ3v) is 7.20. The lowest BCUT2D eigenvalue weighted by atomic mass is 9.49. The second-order valence-corrected chi connectivity index (χ2v) is 8.94. The minimum atomic E-state index is -0.453. The van der Waals surface area contributed by atoms with Crippen LogP contribution in [0, 0.1) is 22.7 Å². The first-order chi connectivity index (χ1) is 10.1. The number of esters is 1. The van der Waals surface area contributed by atoms with Crippen molar-refractivity contribution in [3.05, 3.63) is 11.6 Å². The van der Waals surface area contributed by atoms with Crippen LogP contribution < -0.4 is 0 Å². The van der Waals surface area contributed by atoms with E-state index in [9.17, 15) is 9.90 Å². The molecule has 2 atom stereocenters. The van der Waals surface area contributed by atoms with E-state index in [1.54, 1.807) is 0 Å². The van der Waals surface area contributed by atoms with E-state index in [2.05, 4.69) is 26.8 Å². The van der Waals surface area contributed by atoms with Crippen molar-refractivity contribution in [3.63, 3.8) is 0 Å². The van der Waals surface area contributed by atoms with Crippen LogP contribution in [0.2, 0.25) is 0 Å². The fourth-order valence-electron chi connectivity index (χ4n) is 4.79. The van der Waals surface area contributed by atoms with E-state index < -0.39 is 5.60 Å². The van der Waals surface area contributed by atoms with Crippen molar-refractivity contribution in [1.29, 1.82) is 0 Å². The van der Waals surface area contributed by atoms with Crippen LogP contribution in [0.3, 0.4) is 0 Å². The summed E-state index contributed by atoms with van der Waals surface area (Å²) in [4.78, 5) is 12.8. The predicted molar refractivity (Wildman–Crippen MR) is 86.2 cm³/mol. The second-order valence-electron chi connectivity index (χ2n) is 8.94. The van der Waals surface area contributed by atoms with Gasteiger partial charge in [-0.25, -0.2) is 4.79 Å². The van der Waals surface area contributed by atoms with Crippen LogP contribution in [-0.2, 0) is 9.53 Å². The van der Waals surface area contributed by atoms with E-state index in [-0.39, 0.29) is 22.9 Å². The van der Waals surface area contributed by atoms with E-state index in [4.69, 9.17) is 4.74 Å². The summed E-state index contributed by atoms with van der Waals surface area (Å²) in [6, 6.07) is 0. The molecule has 0 heterocycles. The van der Waals surface area contributed by atoms with Gasteiger partial charge in [0.05, 0.1) is 6.10 Å². The van der Waals surface area contributed by atoms with Gasteiger partial charge >= 0.3 is 5.97 Å².